The molecule has 0 radical (unpaired) electrons. The quantitative estimate of drug-likeness (QED) is 0.430. The first kappa shape index (κ1) is 17.5. The summed E-state index contributed by atoms with van der Waals surface area (Å²) >= 11 is 0. The number of nitro benzene ring substituents is 1. The molecule has 0 aromatic heterocycles. The maximum absolute atomic E-state index is 10.9. The molecule has 3 aromatic carbocycles. The summed E-state index contributed by atoms with van der Waals surface area (Å²) in [7, 11) is 0. The van der Waals surface area contributed by atoms with E-state index in [2.05, 4.69) is 0 Å². The lowest BCUT2D eigenvalue weighted by Gasteiger charge is -2.14. The third-order valence-electron chi connectivity index (χ3n) is 3.93. The fraction of sp³-hybridized carbons (Fsp3) is 0.143. The Morgan fingerprint density at radius 1 is 0.923 bits per heavy atom. The molecule has 0 aliphatic rings. The van der Waals surface area contributed by atoms with E-state index in [0.717, 1.165) is 11.1 Å². The zero-order valence-corrected chi connectivity index (χ0v) is 14.6. The standard InChI is InChI=1S/C21H19NO4/c1-15-8-11-20(21(12-15)25-14-17-6-4-3-5-7-17)26-18-9-10-19(22(23)24)16(2)13-18/h3-13H,14H2,1-2H3. The van der Waals surface area contributed by atoms with Gasteiger partial charge < -0.3 is 9.47 Å². The van der Waals surface area contributed by atoms with Crippen LogP contribution in [0.25, 0.3) is 0 Å². The Kier molecular flexibility index (Phi) is 5.17. The number of benzene rings is 3. The summed E-state index contributed by atoms with van der Waals surface area (Å²) in [5, 5.41) is 10.9. The summed E-state index contributed by atoms with van der Waals surface area (Å²) in [6.07, 6.45) is 0. The van der Waals surface area contributed by atoms with Crippen molar-refractivity contribution in [2.24, 2.45) is 0 Å². The van der Waals surface area contributed by atoms with Crippen LogP contribution in [0.4, 0.5) is 5.69 Å². The van der Waals surface area contributed by atoms with Gasteiger partial charge in [0.2, 0.25) is 0 Å². The van der Waals surface area contributed by atoms with E-state index in [9.17, 15) is 10.1 Å². The first-order chi connectivity index (χ1) is 12.5. The van der Waals surface area contributed by atoms with Crippen molar-refractivity contribution in [3.05, 3.63) is 93.5 Å². The Bertz CT molecular complexity index is 923. The van der Waals surface area contributed by atoms with E-state index in [-0.39, 0.29) is 5.69 Å². The predicted octanol–water partition coefficient (Wildman–Crippen LogP) is 5.58. The highest BCUT2D eigenvalue weighted by Gasteiger charge is 2.13. The van der Waals surface area contributed by atoms with Crippen LogP contribution in [0.3, 0.4) is 0 Å². The number of nitrogens with zero attached hydrogens (tertiary/aromatic N) is 1. The molecule has 132 valence electrons. The lowest BCUT2D eigenvalue weighted by Crippen LogP contribution is -1.98. The molecule has 0 N–H and O–H groups in total. The van der Waals surface area contributed by atoms with Gasteiger partial charge in [-0.05, 0) is 49.2 Å². The van der Waals surface area contributed by atoms with Crippen LogP contribution < -0.4 is 9.47 Å². The van der Waals surface area contributed by atoms with Crippen LogP contribution in [-0.4, -0.2) is 4.92 Å². The van der Waals surface area contributed by atoms with Crippen molar-refractivity contribution in [1.82, 2.24) is 0 Å². The van der Waals surface area contributed by atoms with E-state index >= 15 is 0 Å². The molecule has 0 amide bonds. The van der Waals surface area contributed by atoms with E-state index in [1.807, 2.05) is 55.5 Å². The van der Waals surface area contributed by atoms with Crippen molar-refractivity contribution in [3.8, 4) is 17.2 Å². The van der Waals surface area contributed by atoms with Gasteiger partial charge in [-0.2, -0.15) is 0 Å². The minimum absolute atomic E-state index is 0.0711. The summed E-state index contributed by atoms with van der Waals surface area (Å²) in [6, 6.07) is 20.3. The largest absolute Gasteiger partial charge is 0.485 e. The second kappa shape index (κ2) is 7.70. The van der Waals surface area contributed by atoms with Gasteiger partial charge in [0.1, 0.15) is 12.4 Å². The van der Waals surface area contributed by atoms with Crippen LogP contribution >= 0.6 is 0 Å². The molecular weight excluding hydrogens is 330 g/mol. The number of hydrogen-bond donors (Lipinski definition) is 0. The fourth-order valence-electron chi connectivity index (χ4n) is 2.57. The molecule has 5 heteroatoms. The maximum atomic E-state index is 10.9. The SMILES string of the molecule is Cc1ccc(Oc2ccc([N+](=O)[O-])c(C)c2)c(OCc2ccccc2)c1. The number of rotatable bonds is 6. The average Bonchev–Trinajstić information content (AvgIpc) is 2.62. The van der Waals surface area contributed by atoms with Gasteiger partial charge in [0.25, 0.3) is 5.69 Å². The van der Waals surface area contributed by atoms with E-state index in [1.54, 1.807) is 19.1 Å². The molecule has 26 heavy (non-hydrogen) atoms. The first-order valence-corrected chi connectivity index (χ1v) is 8.23. The van der Waals surface area contributed by atoms with Crippen molar-refractivity contribution >= 4 is 5.69 Å². The molecule has 0 bridgehead atoms. The minimum Gasteiger partial charge on any atom is -0.485 e. The molecule has 0 heterocycles. The molecule has 0 aliphatic heterocycles. The van der Waals surface area contributed by atoms with Crippen LogP contribution in [0.5, 0.6) is 17.2 Å². The fourth-order valence-corrected chi connectivity index (χ4v) is 2.57. The first-order valence-electron chi connectivity index (χ1n) is 8.23. The number of hydrogen-bond acceptors (Lipinski definition) is 4. The number of nitro groups is 1. The molecule has 3 aromatic rings. The van der Waals surface area contributed by atoms with Gasteiger partial charge in [-0.1, -0.05) is 36.4 Å². The molecule has 5 nitrogen and oxygen atoms in total. The molecule has 0 spiro atoms. The zero-order valence-electron chi connectivity index (χ0n) is 14.6. The number of ether oxygens (including phenoxy) is 2. The molecule has 3 rings (SSSR count). The van der Waals surface area contributed by atoms with Gasteiger partial charge >= 0.3 is 0 Å². The van der Waals surface area contributed by atoms with Gasteiger partial charge in [0.15, 0.2) is 11.5 Å². The topological polar surface area (TPSA) is 61.6 Å². The molecule has 0 unspecified atom stereocenters. The second-order valence-corrected chi connectivity index (χ2v) is 6.03. The third kappa shape index (κ3) is 4.19. The lowest BCUT2D eigenvalue weighted by atomic mass is 10.2. The third-order valence-corrected chi connectivity index (χ3v) is 3.93. The van der Waals surface area contributed by atoms with Crippen LogP contribution in [-0.2, 0) is 6.61 Å². The van der Waals surface area contributed by atoms with Crippen LogP contribution in [0.1, 0.15) is 16.7 Å². The Hall–Kier alpha value is -3.34. The molecule has 0 saturated carbocycles. The molecule has 0 atom stereocenters. The lowest BCUT2D eigenvalue weighted by molar-refractivity contribution is -0.385. The molecular formula is C21H19NO4. The monoisotopic (exact) mass is 349 g/mol. The van der Waals surface area contributed by atoms with E-state index < -0.39 is 4.92 Å². The summed E-state index contributed by atoms with van der Waals surface area (Å²) in [5.41, 5.74) is 2.74. The van der Waals surface area contributed by atoms with Gasteiger partial charge in [0, 0.05) is 11.6 Å². The highest BCUT2D eigenvalue weighted by molar-refractivity contribution is 5.49. The van der Waals surface area contributed by atoms with Crippen molar-refractivity contribution in [3.63, 3.8) is 0 Å². The zero-order chi connectivity index (χ0) is 18.5. The van der Waals surface area contributed by atoms with E-state index in [0.29, 0.717) is 29.4 Å². The van der Waals surface area contributed by atoms with Crippen molar-refractivity contribution in [1.29, 1.82) is 0 Å². The van der Waals surface area contributed by atoms with Gasteiger partial charge in [-0.3, -0.25) is 10.1 Å². The van der Waals surface area contributed by atoms with Crippen LogP contribution in [0, 0.1) is 24.0 Å². The van der Waals surface area contributed by atoms with Gasteiger partial charge in [0.05, 0.1) is 4.92 Å². The highest BCUT2D eigenvalue weighted by atomic mass is 16.6. The molecule has 0 saturated heterocycles. The predicted molar refractivity (Wildman–Crippen MR) is 99.9 cm³/mol. The highest BCUT2D eigenvalue weighted by Crippen LogP contribution is 2.34. The Morgan fingerprint density at radius 3 is 2.38 bits per heavy atom. The van der Waals surface area contributed by atoms with Crippen molar-refractivity contribution < 1.29 is 14.4 Å². The van der Waals surface area contributed by atoms with Crippen molar-refractivity contribution in [2.45, 2.75) is 20.5 Å². The maximum Gasteiger partial charge on any atom is 0.272 e. The van der Waals surface area contributed by atoms with E-state index in [4.69, 9.17) is 9.47 Å². The molecule has 0 fully saturated rings. The van der Waals surface area contributed by atoms with Crippen LogP contribution in [0.15, 0.2) is 66.7 Å². The summed E-state index contributed by atoms with van der Waals surface area (Å²) in [4.78, 5) is 10.5. The molecule has 0 aliphatic carbocycles. The Morgan fingerprint density at radius 2 is 1.69 bits per heavy atom. The van der Waals surface area contributed by atoms with Crippen LogP contribution in [0.2, 0.25) is 0 Å². The van der Waals surface area contributed by atoms with Gasteiger partial charge in [-0.15, -0.1) is 0 Å². The van der Waals surface area contributed by atoms with Gasteiger partial charge in [-0.25, -0.2) is 0 Å². The smallest absolute Gasteiger partial charge is 0.272 e. The normalized spacial score (nSPS) is 10.4. The van der Waals surface area contributed by atoms with E-state index in [1.165, 1.54) is 6.07 Å². The van der Waals surface area contributed by atoms with Crippen molar-refractivity contribution in [2.75, 3.05) is 0 Å². The second-order valence-electron chi connectivity index (χ2n) is 6.03. The summed E-state index contributed by atoms with van der Waals surface area (Å²) < 4.78 is 11.9. The minimum atomic E-state index is -0.403. The Labute approximate surface area is 152 Å². The summed E-state index contributed by atoms with van der Waals surface area (Å²) in [6.45, 7) is 4.10. The number of aryl methyl sites for hydroxylation is 2. The summed E-state index contributed by atoms with van der Waals surface area (Å²) in [5.74, 6) is 1.73. The average molecular weight is 349 g/mol. The Balaban J connectivity index is 1.81.